The van der Waals surface area contributed by atoms with Crippen molar-refractivity contribution < 1.29 is 4.74 Å². The summed E-state index contributed by atoms with van der Waals surface area (Å²) in [7, 11) is 0. The van der Waals surface area contributed by atoms with Gasteiger partial charge in [-0.3, -0.25) is 4.57 Å². The molecular formula is C16H23N3O. The van der Waals surface area contributed by atoms with Crippen LogP contribution in [-0.4, -0.2) is 29.3 Å². The lowest BCUT2D eigenvalue weighted by atomic mass is 10.1. The van der Waals surface area contributed by atoms with Gasteiger partial charge in [0.1, 0.15) is 0 Å². The Morgan fingerprint density at radius 3 is 2.90 bits per heavy atom. The van der Waals surface area contributed by atoms with Crippen LogP contribution in [0.2, 0.25) is 0 Å². The average Bonchev–Trinajstić information content (AvgIpc) is 2.87. The quantitative estimate of drug-likeness (QED) is 0.786. The molecule has 2 rings (SSSR count). The van der Waals surface area contributed by atoms with E-state index >= 15 is 0 Å². The highest BCUT2D eigenvalue weighted by molar-refractivity contribution is 5.48. The van der Waals surface area contributed by atoms with E-state index in [1.807, 2.05) is 19.3 Å². The Bertz CT molecular complexity index is 548. The van der Waals surface area contributed by atoms with Crippen LogP contribution >= 0.6 is 0 Å². The second kappa shape index (κ2) is 7.10. The van der Waals surface area contributed by atoms with Crippen LogP contribution in [0.1, 0.15) is 24.5 Å². The molecule has 0 saturated heterocycles. The van der Waals surface area contributed by atoms with Gasteiger partial charge in [0.25, 0.3) is 0 Å². The maximum absolute atomic E-state index is 5.33. The van der Waals surface area contributed by atoms with Crippen molar-refractivity contribution in [2.24, 2.45) is 0 Å². The number of hydrogen-bond acceptors (Lipinski definition) is 3. The molecule has 4 nitrogen and oxygen atoms in total. The number of imidazole rings is 1. The Kier molecular flexibility index (Phi) is 5.18. The molecule has 1 aromatic heterocycles. The first-order valence-electron chi connectivity index (χ1n) is 7.15. The molecule has 0 unspecified atom stereocenters. The van der Waals surface area contributed by atoms with Gasteiger partial charge < -0.3 is 10.1 Å². The molecule has 108 valence electrons. The smallest absolute Gasteiger partial charge is 0.207 e. The van der Waals surface area contributed by atoms with Crippen LogP contribution in [0, 0.1) is 13.8 Å². The molecule has 1 N–H and O–H groups in total. The Balaban J connectivity index is 2.04. The van der Waals surface area contributed by atoms with Crippen molar-refractivity contribution >= 4 is 5.95 Å². The summed E-state index contributed by atoms with van der Waals surface area (Å²) < 4.78 is 7.43. The van der Waals surface area contributed by atoms with E-state index < -0.39 is 0 Å². The van der Waals surface area contributed by atoms with Gasteiger partial charge in [0.15, 0.2) is 0 Å². The summed E-state index contributed by atoms with van der Waals surface area (Å²) in [5.74, 6) is 0.883. The first-order chi connectivity index (χ1) is 9.72. The standard InChI is InChI=1S/C16H23N3O/c1-4-20-11-5-8-17-16-18-9-10-19(16)15-7-6-13(2)12-14(15)3/h6-7,9-10,12H,4-5,8,11H2,1-3H3,(H,17,18). The van der Waals surface area contributed by atoms with Crippen molar-refractivity contribution in [3.05, 3.63) is 41.7 Å². The molecule has 0 spiro atoms. The van der Waals surface area contributed by atoms with E-state index in [2.05, 4.69) is 46.9 Å². The molecule has 1 aromatic carbocycles. The molecule has 2 aromatic rings. The largest absolute Gasteiger partial charge is 0.382 e. The lowest BCUT2D eigenvalue weighted by molar-refractivity contribution is 0.147. The number of benzene rings is 1. The predicted octanol–water partition coefficient (Wildman–Crippen LogP) is 3.33. The van der Waals surface area contributed by atoms with Gasteiger partial charge in [-0.15, -0.1) is 0 Å². The second-order valence-corrected chi connectivity index (χ2v) is 4.89. The van der Waals surface area contributed by atoms with Crippen LogP contribution in [0.15, 0.2) is 30.6 Å². The van der Waals surface area contributed by atoms with Gasteiger partial charge in [0.05, 0.1) is 5.69 Å². The number of rotatable bonds is 7. The SMILES string of the molecule is CCOCCCNc1nccn1-c1ccc(C)cc1C. The fourth-order valence-electron chi connectivity index (χ4n) is 2.22. The third-order valence-electron chi connectivity index (χ3n) is 3.21. The minimum Gasteiger partial charge on any atom is -0.382 e. The minimum absolute atomic E-state index is 0.775. The molecule has 0 radical (unpaired) electrons. The van der Waals surface area contributed by atoms with Gasteiger partial charge in [0.2, 0.25) is 5.95 Å². The third kappa shape index (κ3) is 3.61. The number of hydrogen-bond donors (Lipinski definition) is 1. The number of aryl methyl sites for hydroxylation is 2. The van der Waals surface area contributed by atoms with Crippen LogP contribution in [0.4, 0.5) is 5.95 Å². The maximum atomic E-state index is 5.33. The third-order valence-corrected chi connectivity index (χ3v) is 3.21. The summed E-state index contributed by atoms with van der Waals surface area (Å²) in [4.78, 5) is 4.38. The van der Waals surface area contributed by atoms with Gasteiger partial charge in [-0.2, -0.15) is 0 Å². The van der Waals surface area contributed by atoms with Crippen LogP contribution in [0.3, 0.4) is 0 Å². The first-order valence-corrected chi connectivity index (χ1v) is 7.15. The Morgan fingerprint density at radius 1 is 1.30 bits per heavy atom. The van der Waals surface area contributed by atoms with Gasteiger partial charge in [0, 0.05) is 32.2 Å². The van der Waals surface area contributed by atoms with Crippen molar-refractivity contribution in [3.8, 4) is 5.69 Å². The molecule has 0 amide bonds. The summed E-state index contributed by atoms with van der Waals surface area (Å²) in [6, 6.07) is 6.45. The van der Waals surface area contributed by atoms with E-state index in [4.69, 9.17) is 4.74 Å². The second-order valence-electron chi connectivity index (χ2n) is 4.89. The van der Waals surface area contributed by atoms with E-state index in [0.29, 0.717) is 0 Å². The molecule has 0 aliphatic heterocycles. The molecule has 20 heavy (non-hydrogen) atoms. The van der Waals surface area contributed by atoms with Crippen LogP contribution in [-0.2, 0) is 4.74 Å². The van der Waals surface area contributed by atoms with E-state index in [-0.39, 0.29) is 0 Å². The lowest BCUT2D eigenvalue weighted by Gasteiger charge is -2.12. The summed E-state index contributed by atoms with van der Waals surface area (Å²) >= 11 is 0. The zero-order valence-corrected chi connectivity index (χ0v) is 12.5. The Labute approximate surface area is 120 Å². The summed E-state index contributed by atoms with van der Waals surface area (Å²) in [6.45, 7) is 8.67. The van der Waals surface area contributed by atoms with Crippen molar-refractivity contribution in [1.29, 1.82) is 0 Å². The molecule has 0 aliphatic rings. The van der Waals surface area contributed by atoms with Crippen molar-refractivity contribution in [2.45, 2.75) is 27.2 Å². The first kappa shape index (κ1) is 14.6. The molecule has 0 atom stereocenters. The van der Waals surface area contributed by atoms with Crippen molar-refractivity contribution in [3.63, 3.8) is 0 Å². The average molecular weight is 273 g/mol. The molecule has 4 heteroatoms. The number of anilines is 1. The normalized spacial score (nSPS) is 10.8. The zero-order chi connectivity index (χ0) is 14.4. The molecule has 1 heterocycles. The molecule has 0 saturated carbocycles. The topological polar surface area (TPSA) is 39.1 Å². The number of ether oxygens (including phenoxy) is 1. The Hall–Kier alpha value is -1.81. The van der Waals surface area contributed by atoms with Gasteiger partial charge in [-0.1, -0.05) is 17.7 Å². The van der Waals surface area contributed by atoms with Crippen LogP contribution in [0.25, 0.3) is 5.69 Å². The highest BCUT2D eigenvalue weighted by Gasteiger charge is 2.06. The van der Waals surface area contributed by atoms with E-state index in [0.717, 1.165) is 32.1 Å². The summed E-state index contributed by atoms with van der Waals surface area (Å²) in [5.41, 5.74) is 3.69. The Morgan fingerprint density at radius 2 is 2.15 bits per heavy atom. The number of nitrogens with zero attached hydrogens (tertiary/aromatic N) is 2. The molecule has 0 bridgehead atoms. The number of nitrogens with one attached hydrogen (secondary N) is 1. The zero-order valence-electron chi connectivity index (χ0n) is 12.5. The highest BCUT2D eigenvalue weighted by atomic mass is 16.5. The fourth-order valence-corrected chi connectivity index (χ4v) is 2.22. The van der Waals surface area contributed by atoms with Gasteiger partial charge >= 0.3 is 0 Å². The van der Waals surface area contributed by atoms with E-state index in [1.54, 1.807) is 0 Å². The fraction of sp³-hybridized carbons (Fsp3) is 0.438. The van der Waals surface area contributed by atoms with E-state index in [1.165, 1.54) is 16.8 Å². The van der Waals surface area contributed by atoms with Crippen LogP contribution < -0.4 is 5.32 Å². The highest BCUT2D eigenvalue weighted by Crippen LogP contribution is 2.19. The molecular weight excluding hydrogens is 250 g/mol. The predicted molar refractivity (Wildman–Crippen MR) is 82.6 cm³/mol. The maximum Gasteiger partial charge on any atom is 0.207 e. The number of aromatic nitrogens is 2. The molecule has 0 aliphatic carbocycles. The van der Waals surface area contributed by atoms with Crippen molar-refractivity contribution in [1.82, 2.24) is 9.55 Å². The minimum atomic E-state index is 0.775. The summed E-state index contributed by atoms with van der Waals surface area (Å²) in [6.07, 6.45) is 4.79. The molecule has 0 fully saturated rings. The van der Waals surface area contributed by atoms with Gasteiger partial charge in [-0.05, 0) is 38.8 Å². The summed E-state index contributed by atoms with van der Waals surface area (Å²) in [5, 5.41) is 3.36. The monoisotopic (exact) mass is 273 g/mol. The van der Waals surface area contributed by atoms with Crippen molar-refractivity contribution in [2.75, 3.05) is 25.1 Å². The lowest BCUT2D eigenvalue weighted by Crippen LogP contribution is -2.10. The van der Waals surface area contributed by atoms with Crippen LogP contribution in [0.5, 0.6) is 0 Å². The van der Waals surface area contributed by atoms with E-state index in [9.17, 15) is 0 Å². The van der Waals surface area contributed by atoms with Gasteiger partial charge in [-0.25, -0.2) is 4.98 Å².